The first kappa shape index (κ1) is 14.9. The molecule has 2 N–H and O–H groups in total. The third-order valence-electron chi connectivity index (χ3n) is 2.53. The predicted octanol–water partition coefficient (Wildman–Crippen LogP) is 3.26. The Bertz CT molecular complexity index is 743. The fourth-order valence-electron chi connectivity index (χ4n) is 1.55. The molecule has 1 aromatic carbocycles. The molecule has 0 saturated heterocycles. The van der Waals surface area contributed by atoms with Crippen molar-refractivity contribution >= 4 is 45.5 Å². The molecule has 1 amide bonds. The molecule has 0 bridgehead atoms. The van der Waals surface area contributed by atoms with Crippen LogP contribution in [0.5, 0.6) is 0 Å². The number of carbonyl (C=O) groups excluding carboxylic acids is 1. The third kappa shape index (κ3) is 3.18. The first-order valence-electron chi connectivity index (χ1n) is 5.46. The number of nitrogens with zero attached hydrogens (tertiary/aromatic N) is 1. The van der Waals surface area contributed by atoms with Crippen LogP contribution in [0, 0.1) is 10.1 Å². The van der Waals surface area contributed by atoms with Crippen molar-refractivity contribution in [1.82, 2.24) is 0 Å². The van der Waals surface area contributed by atoms with Crippen LogP contribution in [0.2, 0.25) is 5.02 Å². The summed E-state index contributed by atoms with van der Waals surface area (Å²) in [6.07, 6.45) is 0. The fraction of sp³-hybridized carbons (Fsp3) is 0. The van der Waals surface area contributed by atoms with Crippen molar-refractivity contribution in [3.8, 4) is 0 Å². The minimum atomic E-state index is -1.16. The Hall–Kier alpha value is -2.45. The highest BCUT2D eigenvalue weighted by Gasteiger charge is 2.18. The van der Waals surface area contributed by atoms with Crippen molar-refractivity contribution in [2.24, 2.45) is 0 Å². The summed E-state index contributed by atoms with van der Waals surface area (Å²) >= 11 is 6.78. The number of aromatic carboxylic acids is 1. The molecule has 0 spiro atoms. The number of carbonyl (C=O) groups is 2. The summed E-state index contributed by atoms with van der Waals surface area (Å²) < 4.78 is 0. The fourth-order valence-corrected chi connectivity index (χ4v) is 2.57. The second kappa shape index (κ2) is 5.90. The molecule has 0 unspecified atom stereocenters. The molecule has 1 heterocycles. The second-order valence-corrected chi connectivity index (χ2v) is 5.17. The van der Waals surface area contributed by atoms with Crippen LogP contribution in [0.4, 0.5) is 10.7 Å². The predicted molar refractivity (Wildman–Crippen MR) is 77.3 cm³/mol. The number of rotatable bonds is 4. The van der Waals surface area contributed by atoms with E-state index < -0.39 is 16.8 Å². The zero-order chi connectivity index (χ0) is 15.6. The molecule has 7 nitrogen and oxygen atoms in total. The number of thiophene rings is 1. The number of benzene rings is 1. The molecule has 0 aliphatic heterocycles. The average Bonchev–Trinajstić information content (AvgIpc) is 2.86. The van der Waals surface area contributed by atoms with Gasteiger partial charge in [0.05, 0.1) is 10.5 Å². The molecule has 2 rings (SSSR count). The van der Waals surface area contributed by atoms with Gasteiger partial charge in [-0.25, -0.2) is 4.79 Å². The topological polar surface area (TPSA) is 110 Å². The number of nitrogens with one attached hydrogen (secondary N) is 1. The molecule has 1 aromatic heterocycles. The van der Waals surface area contributed by atoms with Gasteiger partial charge in [-0.15, -0.1) is 11.3 Å². The molecule has 0 aliphatic rings. The number of carboxylic acids is 1. The van der Waals surface area contributed by atoms with Crippen LogP contribution in [0.1, 0.15) is 20.7 Å². The number of halogens is 1. The zero-order valence-corrected chi connectivity index (χ0v) is 11.8. The van der Waals surface area contributed by atoms with E-state index in [1.54, 1.807) is 0 Å². The lowest BCUT2D eigenvalue weighted by molar-refractivity contribution is -0.384. The van der Waals surface area contributed by atoms with Crippen molar-refractivity contribution < 1.29 is 19.6 Å². The summed E-state index contributed by atoms with van der Waals surface area (Å²) in [5, 5.41) is 23.6. The molecule has 0 radical (unpaired) electrons. The molecule has 0 atom stereocenters. The van der Waals surface area contributed by atoms with E-state index in [4.69, 9.17) is 16.7 Å². The smallest absolute Gasteiger partial charge is 0.338 e. The van der Waals surface area contributed by atoms with Crippen molar-refractivity contribution in [2.75, 3.05) is 5.32 Å². The highest BCUT2D eigenvalue weighted by molar-refractivity contribution is 7.14. The summed E-state index contributed by atoms with van der Waals surface area (Å²) in [4.78, 5) is 32.9. The normalized spacial score (nSPS) is 10.1. The zero-order valence-electron chi connectivity index (χ0n) is 10.2. The van der Waals surface area contributed by atoms with Crippen LogP contribution in [0.25, 0.3) is 0 Å². The van der Waals surface area contributed by atoms with Crippen LogP contribution in [0.3, 0.4) is 0 Å². The molecule has 0 saturated carbocycles. The quantitative estimate of drug-likeness (QED) is 0.662. The first-order chi connectivity index (χ1) is 9.90. The Morgan fingerprint density at radius 1 is 1.33 bits per heavy atom. The van der Waals surface area contributed by atoms with E-state index in [0.717, 1.165) is 23.5 Å². The monoisotopic (exact) mass is 326 g/mol. The van der Waals surface area contributed by atoms with Gasteiger partial charge in [-0.1, -0.05) is 11.6 Å². The summed E-state index contributed by atoms with van der Waals surface area (Å²) in [5.74, 6) is -1.76. The van der Waals surface area contributed by atoms with Gasteiger partial charge in [-0.2, -0.15) is 0 Å². The Kier molecular flexibility index (Phi) is 4.20. The Morgan fingerprint density at radius 2 is 2.05 bits per heavy atom. The van der Waals surface area contributed by atoms with Gasteiger partial charge < -0.3 is 10.4 Å². The standard InChI is InChI=1S/C12H7ClN2O5S/c13-8-5-6(1-2-9(8)15(19)20)10(16)14-11-7(12(17)18)3-4-21-11/h1-5H,(H,14,16)(H,17,18). The maximum Gasteiger partial charge on any atom is 0.338 e. The number of anilines is 1. The Labute approximate surface area is 126 Å². The van der Waals surface area contributed by atoms with Crippen molar-refractivity contribution in [3.05, 3.63) is 55.9 Å². The van der Waals surface area contributed by atoms with Crippen LogP contribution in [-0.4, -0.2) is 21.9 Å². The molecule has 21 heavy (non-hydrogen) atoms. The maximum absolute atomic E-state index is 12.0. The Balaban J connectivity index is 2.25. The van der Waals surface area contributed by atoms with E-state index in [1.807, 2.05) is 0 Å². The lowest BCUT2D eigenvalue weighted by Crippen LogP contribution is -2.13. The number of hydrogen-bond acceptors (Lipinski definition) is 5. The number of nitro benzene ring substituents is 1. The largest absolute Gasteiger partial charge is 0.478 e. The van der Waals surface area contributed by atoms with Gasteiger partial charge in [-0.05, 0) is 23.6 Å². The molecule has 108 valence electrons. The van der Waals surface area contributed by atoms with E-state index in [9.17, 15) is 19.7 Å². The SMILES string of the molecule is O=C(Nc1sccc1C(=O)O)c1ccc([N+](=O)[O-])c(Cl)c1. The average molecular weight is 327 g/mol. The van der Waals surface area contributed by atoms with Gasteiger partial charge in [0.2, 0.25) is 0 Å². The molecular weight excluding hydrogens is 320 g/mol. The lowest BCUT2D eigenvalue weighted by Gasteiger charge is -2.05. The number of amides is 1. The summed E-state index contributed by atoms with van der Waals surface area (Å²) in [6, 6.07) is 4.88. The third-order valence-corrected chi connectivity index (χ3v) is 3.66. The maximum atomic E-state index is 12.0. The van der Waals surface area contributed by atoms with Crippen molar-refractivity contribution in [3.63, 3.8) is 0 Å². The van der Waals surface area contributed by atoms with Crippen LogP contribution < -0.4 is 5.32 Å². The van der Waals surface area contributed by atoms with Crippen LogP contribution in [0.15, 0.2) is 29.6 Å². The van der Waals surface area contributed by atoms with Gasteiger partial charge in [0.1, 0.15) is 10.0 Å². The van der Waals surface area contributed by atoms with E-state index in [0.29, 0.717) is 0 Å². The van der Waals surface area contributed by atoms with E-state index in [-0.39, 0.29) is 26.8 Å². The van der Waals surface area contributed by atoms with E-state index >= 15 is 0 Å². The summed E-state index contributed by atoms with van der Waals surface area (Å²) in [5.41, 5.74) is -0.243. The van der Waals surface area contributed by atoms with Gasteiger partial charge in [0.25, 0.3) is 11.6 Å². The second-order valence-electron chi connectivity index (χ2n) is 3.85. The van der Waals surface area contributed by atoms with E-state index in [2.05, 4.69) is 5.32 Å². The minimum absolute atomic E-state index is 0.0265. The molecule has 9 heteroatoms. The molecule has 0 aliphatic carbocycles. The van der Waals surface area contributed by atoms with Crippen molar-refractivity contribution in [1.29, 1.82) is 0 Å². The first-order valence-corrected chi connectivity index (χ1v) is 6.72. The summed E-state index contributed by atoms with van der Waals surface area (Å²) in [6.45, 7) is 0. The highest BCUT2D eigenvalue weighted by atomic mass is 35.5. The van der Waals surface area contributed by atoms with Gasteiger partial charge >= 0.3 is 5.97 Å². The summed E-state index contributed by atoms with van der Waals surface area (Å²) in [7, 11) is 0. The number of hydrogen-bond donors (Lipinski definition) is 2. The molecule has 0 fully saturated rings. The van der Waals surface area contributed by atoms with Crippen LogP contribution >= 0.6 is 22.9 Å². The van der Waals surface area contributed by atoms with Gasteiger partial charge in [0.15, 0.2) is 0 Å². The molecule has 2 aromatic rings. The minimum Gasteiger partial charge on any atom is -0.478 e. The van der Waals surface area contributed by atoms with Gasteiger partial charge in [-0.3, -0.25) is 14.9 Å². The number of carboxylic acid groups (broad SMARTS) is 1. The van der Waals surface area contributed by atoms with E-state index in [1.165, 1.54) is 17.5 Å². The highest BCUT2D eigenvalue weighted by Crippen LogP contribution is 2.27. The lowest BCUT2D eigenvalue weighted by atomic mass is 10.2. The Morgan fingerprint density at radius 3 is 2.62 bits per heavy atom. The molecular formula is C12H7ClN2O5S. The van der Waals surface area contributed by atoms with Crippen molar-refractivity contribution in [2.45, 2.75) is 0 Å². The van der Waals surface area contributed by atoms with Gasteiger partial charge in [0, 0.05) is 11.6 Å². The van der Waals surface area contributed by atoms with Crippen LogP contribution in [-0.2, 0) is 0 Å². The number of nitro groups is 1.